The van der Waals surface area contributed by atoms with Crippen molar-refractivity contribution in [2.45, 2.75) is 32.2 Å². The van der Waals surface area contributed by atoms with Gasteiger partial charge in [0, 0.05) is 18.0 Å². The Labute approximate surface area is 133 Å². The van der Waals surface area contributed by atoms with Crippen molar-refractivity contribution < 1.29 is 9.26 Å². The van der Waals surface area contributed by atoms with Gasteiger partial charge in [-0.25, -0.2) is 0 Å². The first kappa shape index (κ1) is 16.0. The second-order valence-corrected chi connectivity index (χ2v) is 5.69. The Bertz CT molecular complexity index is 586. The second-order valence-electron chi connectivity index (χ2n) is 4.84. The van der Waals surface area contributed by atoms with Crippen molar-refractivity contribution in [2.24, 2.45) is 0 Å². The minimum atomic E-state index is 0.367. The number of nitrogens with zero attached hydrogens (tertiary/aromatic N) is 2. The Morgan fingerprint density at radius 3 is 2.86 bits per heavy atom. The normalized spacial score (nSPS) is 12.4. The smallest absolute Gasteiger partial charge is 0.228 e. The fourth-order valence-electron chi connectivity index (χ4n) is 2.17. The lowest BCUT2D eigenvalue weighted by atomic mass is 10.1. The number of benzene rings is 1. The standard InChI is InChI=1S/C15H20BrN3O2/c1-4-5-11(17-2)9-14-18-15(19-21-14)10-6-7-13(20-3)12(16)8-10/h6-8,11,17H,4-5,9H2,1-3H3. The molecule has 0 aliphatic heterocycles. The van der Waals surface area contributed by atoms with Crippen LogP contribution in [0.25, 0.3) is 11.4 Å². The van der Waals surface area contributed by atoms with Crippen molar-refractivity contribution in [3.05, 3.63) is 28.6 Å². The monoisotopic (exact) mass is 353 g/mol. The van der Waals surface area contributed by atoms with Crippen LogP contribution in [-0.2, 0) is 6.42 Å². The maximum atomic E-state index is 5.35. The molecule has 1 aromatic heterocycles. The quantitative estimate of drug-likeness (QED) is 0.825. The first-order chi connectivity index (χ1) is 10.2. The van der Waals surface area contributed by atoms with E-state index in [0.29, 0.717) is 17.8 Å². The summed E-state index contributed by atoms with van der Waals surface area (Å²) in [5, 5.41) is 7.33. The van der Waals surface area contributed by atoms with E-state index in [-0.39, 0.29) is 0 Å². The highest BCUT2D eigenvalue weighted by Crippen LogP contribution is 2.29. The van der Waals surface area contributed by atoms with E-state index >= 15 is 0 Å². The highest BCUT2D eigenvalue weighted by atomic mass is 79.9. The summed E-state index contributed by atoms with van der Waals surface area (Å²) in [5.74, 6) is 2.03. The minimum Gasteiger partial charge on any atom is -0.496 e. The molecule has 5 nitrogen and oxygen atoms in total. The van der Waals surface area contributed by atoms with Gasteiger partial charge in [0.05, 0.1) is 11.6 Å². The lowest BCUT2D eigenvalue weighted by Crippen LogP contribution is -2.27. The molecule has 0 fully saturated rings. The molecule has 0 amide bonds. The topological polar surface area (TPSA) is 60.2 Å². The zero-order valence-corrected chi connectivity index (χ0v) is 14.1. The molecular weight excluding hydrogens is 334 g/mol. The van der Waals surface area contributed by atoms with Crippen LogP contribution in [0.4, 0.5) is 0 Å². The Morgan fingerprint density at radius 1 is 1.43 bits per heavy atom. The van der Waals surface area contributed by atoms with Gasteiger partial charge < -0.3 is 14.6 Å². The lowest BCUT2D eigenvalue weighted by molar-refractivity contribution is 0.356. The van der Waals surface area contributed by atoms with Gasteiger partial charge in [0.1, 0.15) is 5.75 Å². The molecule has 1 unspecified atom stereocenters. The predicted octanol–water partition coefficient (Wildman–Crippen LogP) is 3.44. The van der Waals surface area contributed by atoms with Crippen molar-refractivity contribution in [1.29, 1.82) is 0 Å². The van der Waals surface area contributed by atoms with Crippen molar-refractivity contribution in [1.82, 2.24) is 15.5 Å². The van der Waals surface area contributed by atoms with Gasteiger partial charge in [-0.05, 0) is 47.6 Å². The van der Waals surface area contributed by atoms with Crippen molar-refractivity contribution in [2.75, 3.05) is 14.2 Å². The number of likely N-dealkylation sites (N-methyl/N-ethyl adjacent to an activating group) is 1. The Morgan fingerprint density at radius 2 is 2.24 bits per heavy atom. The predicted molar refractivity (Wildman–Crippen MR) is 85.4 cm³/mol. The average Bonchev–Trinajstić information content (AvgIpc) is 2.95. The van der Waals surface area contributed by atoms with Gasteiger partial charge in [0.25, 0.3) is 0 Å². The van der Waals surface area contributed by atoms with E-state index in [1.807, 2.05) is 25.2 Å². The molecule has 0 aliphatic carbocycles. The molecule has 114 valence electrons. The van der Waals surface area contributed by atoms with Gasteiger partial charge in [-0.3, -0.25) is 0 Å². The Hall–Kier alpha value is -1.40. The van der Waals surface area contributed by atoms with Crippen LogP contribution in [0.2, 0.25) is 0 Å². The molecule has 0 spiro atoms. The van der Waals surface area contributed by atoms with E-state index < -0.39 is 0 Å². The molecule has 2 aromatic rings. The van der Waals surface area contributed by atoms with E-state index in [1.165, 1.54) is 0 Å². The number of nitrogens with one attached hydrogen (secondary N) is 1. The zero-order chi connectivity index (χ0) is 15.2. The third-order valence-corrected chi connectivity index (χ3v) is 3.96. The van der Waals surface area contributed by atoms with Crippen LogP contribution in [0.15, 0.2) is 27.2 Å². The van der Waals surface area contributed by atoms with Crippen LogP contribution in [0, 0.1) is 0 Å². The van der Waals surface area contributed by atoms with Crippen molar-refractivity contribution in [3.63, 3.8) is 0 Å². The molecule has 1 aromatic carbocycles. The summed E-state index contributed by atoms with van der Waals surface area (Å²) in [4.78, 5) is 4.47. The van der Waals surface area contributed by atoms with Gasteiger partial charge in [0.2, 0.25) is 11.7 Å². The molecule has 1 atom stereocenters. The van der Waals surface area contributed by atoms with E-state index in [2.05, 4.69) is 38.3 Å². The van der Waals surface area contributed by atoms with Crippen LogP contribution in [0.1, 0.15) is 25.7 Å². The maximum absolute atomic E-state index is 5.35. The van der Waals surface area contributed by atoms with E-state index in [9.17, 15) is 0 Å². The zero-order valence-electron chi connectivity index (χ0n) is 12.5. The molecule has 0 aliphatic rings. The highest BCUT2D eigenvalue weighted by molar-refractivity contribution is 9.10. The van der Waals surface area contributed by atoms with Crippen molar-refractivity contribution in [3.8, 4) is 17.1 Å². The fraction of sp³-hybridized carbons (Fsp3) is 0.467. The van der Waals surface area contributed by atoms with Crippen LogP contribution in [-0.4, -0.2) is 30.3 Å². The van der Waals surface area contributed by atoms with E-state index in [1.54, 1.807) is 7.11 Å². The second kappa shape index (κ2) is 7.56. The number of halogens is 1. The lowest BCUT2D eigenvalue weighted by Gasteiger charge is -2.11. The Kier molecular flexibility index (Phi) is 5.76. The molecule has 1 heterocycles. The first-order valence-electron chi connectivity index (χ1n) is 7.01. The summed E-state index contributed by atoms with van der Waals surface area (Å²) in [6.07, 6.45) is 2.95. The number of ether oxygens (including phenoxy) is 1. The molecular formula is C15H20BrN3O2. The largest absolute Gasteiger partial charge is 0.496 e. The van der Waals surface area contributed by atoms with Crippen LogP contribution in [0.5, 0.6) is 5.75 Å². The fourth-order valence-corrected chi connectivity index (χ4v) is 2.71. The SMILES string of the molecule is CCCC(Cc1nc(-c2ccc(OC)c(Br)c2)no1)NC. The maximum Gasteiger partial charge on any atom is 0.228 e. The van der Waals surface area contributed by atoms with Crippen LogP contribution < -0.4 is 10.1 Å². The Balaban J connectivity index is 2.14. The number of aromatic nitrogens is 2. The van der Waals surface area contributed by atoms with Gasteiger partial charge in [0.15, 0.2) is 0 Å². The summed E-state index contributed by atoms with van der Waals surface area (Å²) in [6, 6.07) is 6.09. The van der Waals surface area contributed by atoms with Gasteiger partial charge in [-0.15, -0.1) is 0 Å². The molecule has 0 saturated heterocycles. The van der Waals surface area contributed by atoms with E-state index in [0.717, 1.165) is 35.0 Å². The molecule has 0 saturated carbocycles. The minimum absolute atomic E-state index is 0.367. The summed E-state index contributed by atoms with van der Waals surface area (Å²) < 4.78 is 11.4. The molecule has 1 N–H and O–H groups in total. The number of rotatable bonds is 7. The molecule has 0 radical (unpaired) electrons. The van der Waals surface area contributed by atoms with Crippen LogP contribution in [0.3, 0.4) is 0 Å². The van der Waals surface area contributed by atoms with Crippen molar-refractivity contribution >= 4 is 15.9 Å². The summed E-state index contributed by atoms with van der Waals surface area (Å²) in [5.41, 5.74) is 0.897. The summed E-state index contributed by atoms with van der Waals surface area (Å²) >= 11 is 3.46. The van der Waals surface area contributed by atoms with Gasteiger partial charge >= 0.3 is 0 Å². The number of hydrogen-bond donors (Lipinski definition) is 1. The van der Waals surface area contributed by atoms with Crippen LogP contribution >= 0.6 is 15.9 Å². The average molecular weight is 354 g/mol. The van der Waals surface area contributed by atoms with E-state index in [4.69, 9.17) is 9.26 Å². The molecule has 21 heavy (non-hydrogen) atoms. The third-order valence-electron chi connectivity index (χ3n) is 3.34. The highest BCUT2D eigenvalue weighted by Gasteiger charge is 2.14. The number of methoxy groups -OCH3 is 1. The third kappa shape index (κ3) is 4.04. The molecule has 0 bridgehead atoms. The van der Waals surface area contributed by atoms with Gasteiger partial charge in [-0.2, -0.15) is 4.98 Å². The molecule has 2 rings (SSSR count). The van der Waals surface area contributed by atoms with Gasteiger partial charge in [-0.1, -0.05) is 18.5 Å². The summed E-state index contributed by atoms with van der Waals surface area (Å²) in [7, 11) is 3.59. The number of hydrogen-bond acceptors (Lipinski definition) is 5. The summed E-state index contributed by atoms with van der Waals surface area (Å²) in [6.45, 7) is 2.17. The molecule has 6 heteroatoms. The first-order valence-corrected chi connectivity index (χ1v) is 7.81.